The van der Waals surface area contributed by atoms with Crippen LogP contribution in [0.15, 0.2) is 38.2 Å². The minimum absolute atomic E-state index is 0.0578. The van der Waals surface area contributed by atoms with E-state index in [1.54, 1.807) is 32.0 Å². The third kappa shape index (κ3) is 3.84. The van der Waals surface area contributed by atoms with Crippen LogP contribution >= 0.6 is 15.9 Å². The first-order valence-corrected chi connectivity index (χ1v) is 10.5. The quantitative estimate of drug-likeness (QED) is 0.786. The SMILES string of the molecule is Cc1noc(C)c1S(=O)(=O)N1CCC(NC(=O)c2cccc(Br)c2)CC1. The van der Waals surface area contributed by atoms with E-state index >= 15 is 0 Å². The Morgan fingerprint density at radius 3 is 2.58 bits per heavy atom. The zero-order chi connectivity index (χ0) is 18.9. The molecule has 0 saturated carbocycles. The molecular weight excluding hydrogens is 422 g/mol. The Morgan fingerprint density at radius 2 is 2.00 bits per heavy atom. The lowest BCUT2D eigenvalue weighted by Crippen LogP contribution is -2.46. The lowest BCUT2D eigenvalue weighted by Gasteiger charge is -2.31. The van der Waals surface area contributed by atoms with Gasteiger partial charge in [0.05, 0.1) is 0 Å². The molecule has 2 heterocycles. The van der Waals surface area contributed by atoms with Crippen molar-refractivity contribution in [2.75, 3.05) is 13.1 Å². The van der Waals surface area contributed by atoms with Gasteiger partial charge < -0.3 is 9.84 Å². The lowest BCUT2D eigenvalue weighted by atomic mass is 10.1. The van der Waals surface area contributed by atoms with E-state index in [1.165, 1.54) is 4.31 Å². The van der Waals surface area contributed by atoms with Crippen LogP contribution in [0.25, 0.3) is 0 Å². The number of nitrogens with zero attached hydrogens (tertiary/aromatic N) is 2. The zero-order valence-corrected chi connectivity index (χ0v) is 16.9. The summed E-state index contributed by atoms with van der Waals surface area (Å²) in [6, 6.07) is 7.11. The van der Waals surface area contributed by atoms with Crippen molar-refractivity contribution >= 4 is 31.9 Å². The fraction of sp³-hybridized carbons (Fsp3) is 0.412. The molecule has 0 unspecified atom stereocenters. The first-order valence-electron chi connectivity index (χ1n) is 8.28. The molecule has 140 valence electrons. The van der Waals surface area contributed by atoms with Crippen LogP contribution in [0.1, 0.15) is 34.7 Å². The molecule has 0 atom stereocenters. The number of hydrogen-bond acceptors (Lipinski definition) is 5. The van der Waals surface area contributed by atoms with Crippen LogP contribution in [0.5, 0.6) is 0 Å². The second-order valence-corrected chi connectivity index (χ2v) is 9.11. The minimum atomic E-state index is -3.63. The first kappa shape index (κ1) is 19.1. The van der Waals surface area contributed by atoms with Crippen molar-refractivity contribution in [1.82, 2.24) is 14.8 Å². The Bertz CT molecular complexity index is 898. The highest BCUT2D eigenvalue weighted by atomic mass is 79.9. The summed E-state index contributed by atoms with van der Waals surface area (Å²) >= 11 is 3.35. The van der Waals surface area contributed by atoms with Crippen molar-refractivity contribution in [3.8, 4) is 0 Å². The Balaban J connectivity index is 1.63. The van der Waals surface area contributed by atoms with Gasteiger partial charge in [0.1, 0.15) is 10.6 Å². The average molecular weight is 442 g/mol. The number of sulfonamides is 1. The molecule has 3 rings (SSSR count). The van der Waals surface area contributed by atoms with Gasteiger partial charge in [0, 0.05) is 29.2 Å². The van der Waals surface area contributed by atoms with Crippen molar-refractivity contribution < 1.29 is 17.7 Å². The van der Waals surface area contributed by atoms with Crippen molar-refractivity contribution in [3.63, 3.8) is 0 Å². The van der Waals surface area contributed by atoms with Gasteiger partial charge in [0.25, 0.3) is 5.91 Å². The molecule has 26 heavy (non-hydrogen) atoms. The molecule has 1 aliphatic heterocycles. The third-order valence-corrected chi connectivity index (χ3v) is 7.08. The molecule has 1 aliphatic rings. The number of piperidine rings is 1. The summed E-state index contributed by atoms with van der Waals surface area (Å²) in [5.41, 5.74) is 0.942. The van der Waals surface area contributed by atoms with E-state index in [0.717, 1.165) is 4.47 Å². The number of aromatic nitrogens is 1. The Hall–Kier alpha value is -1.71. The van der Waals surface area contributed by atoms with E-state index in [0.29, 0.717) is 42.9 Å². The normalized spacial score (nSPS) is 16.6. The number of halogens is 1. The molecule has 1 fully saturated rings. The van der Waals surface area contributed by atoms with Gasteiger partial charge in [-0.25, -0.2) is 8.42 Å². The Kier molecular flexibility index (Phi) is 5.50. The molecule has 1 saturated heterocycles. The topological polar surface area (TPSA) is 92.5 Å². The number of nitrogens with one attached hydrogen (secondary N) is 1. The molecule has 0 bridgehead atoms. The molecule has 1 aromatic carbocycles. The molecule has 0 radical (unpaired) electrons. The van der Waals surface area contributed by atoms with E-state index in [1.807, 2.05) is 6.07 Å². The van der Waals surface area contributed by atoms with Crippen molar-refractivity contribution in [1.29, 1.82) is 0 Å². The van der Waals surface area contributed by atoms with Crippen molar-refractivity contribution in [2.45, 2.75) is 37.6 Å². The third-order valence-electron chi connectivity index (χ3n) is 4.44. The predicted octanol–water partition coefficient (Wildman–Crippen LogP) is 2.64. The summed E-state index contributed by atoms with van der Waals surface area (Å²) in [5, 5.41) is 6.71. The summed E-state index contributed by atoms with van der Waals surface area (Å²) in [4.78, 5) is 12.5. The van der Waals surface area contributed by atoms with E-state index < -0.39 is 10.0 Å². The van der Waals surface area contributed by atoms with Gasteiger partial charge >= 0.3 is 0 Å². The van der Waals surface area contributed by atoms with Crippen LogP contribution in [0.2, 0.25) is 0 Å². The van der Waals surface area contributed by atoms with Crippen LogP contribution in [0.3, 0.4) is 0 Å². The fourth-order valence-corrected chi connectivity index (χ4v) is 5.27. The monoisotopic (exact) mass is 441 g/mol. The number of carbonyl (C=O) groups excluding carboxylic acids is 1. The predicted molar refractivity (Wildman–Crippen MR) is 99.4 cm³/mol. The maximum Gasteiger partial charge on any atom is 0.251 e. The highest BCUT2D eigenvalue weighted by Crippen LogP contribution is 2.26. The van der Waals surface area contributed by atoms with Gasteiger partial charge in [0.2, 0.25) is 10.0 Å². The van der Waals surface area contributed by atoms with Gasteiger partial charge in [0.15, 0.2) is 5.76 Å². The van der Waals surface area contributed by atoms with Gasteiger partial charge in [-0.05, 0) is 44.9 Å². The first-order chi connectivity index (χ1) is 12.3. The van der Waals surface area contributed by atoms with Crippen LogP contribution in [-0.2, 0) is 10.0 Å². The summed E-state index contributed by atoms with van der Waals surface area (Å²) in [5.74, 6) is 0.144. The van der Waals surface area contributed by atoms with Gasteiger partial charge in [-0.1, -0.05) is 27.2 Å². The summed E-state index contributed by atoms with van der Waals surface area (Å²) in [6.45, 7) is 3.90. The summed E-state index contributed by atoms with van der Waals surface area (Å²) in [7, 11) is -3.63. The molecular formula is C17H20BrN3O4S. The molecule has 9 heteroatoms. The van der Waals surface area contributed by atoms with Crippen molar-refractivity contribution in [3.05, 3.63) is 45.8 Å². The molecule has 0 spiro atoms. The number of rotatable bonds is 4. The maximum atomic E-state index is 12.8. The van der Waals surface area contributed by atoms with E-state index in [9.17, 15) is 13.2 Å². The highest BCUT2D eigenvalue weighted by molar-refractivity contribution is 9.10. The molecule has 2 aromatic rings. The second kappa shape index (κ2) is 7.50. The Labute approximate surface area is 160 Å². The van der Waals surface area contributed by atoms with Gasteiger partial charge in [-0.15, -0.1) is 0 Å². The zero-order valence-electron chi connectivity index (χ0n) is 14.5. The number of carbonyl (C=O) groups is 1. The number of amides is 1. The van der Waals surface area contributed by atoms with Crippen LogP contribution < -0.4 is 5.32 Å². The average Bonchev–Trinajstić information content (AvgIpc) is 2.94. The second-order valence-electron chi connectivity index (χ2n) is 6.32. The van der Waals surface area contributed by atoms with Crippen LogP contribution in [-0.4, -0.2) is 42.9 Å². The number of benzene rings is 1. The van der Waals surface area contributed by atoms with Gasteiger partial charge in [-0.3, -0.25) is 4.79 Å². The molecule has 1 N–H and O–H groups in total. The van der Waals surface area contributed by atoms with E-state index in [2.05, 4.69) is 26.4 Å². The maximum absolute atomic E-state index is 12.8. The molecule has 1 aromatic heterocycles. The fourth-order valence-electron chi connectivity index (χ4n) is 3.11. The lowest BCUT2D eigenvalue weighted by molar-refractivity contribution is 0.0924. The number of aryl methyl sites for hydroxylation is 2. The summed E-state index contributed by atoms with van der Waals surface area (Å²) < 4.78 is 32.9. The molecule has 0 aliphatic carbocycles. The molecule has 7 nitrogen and oxygen atoms in total. The van der Waals surface area contributed by atoms with E-state index in [4.69, 9.17) is 4.52 Å². The minimum Gasteiger partial charge on any atom is -0.360 e. The largest absolute Gasteiger partial charge is 0.360 e. The Morgan fingerprint density at radius 1 is 1.31 bits per heavy atom. The summed E-state index contributed by atoms with van der Waals surface area (Å²) in [6.07, 6.45) is 1.12. The smallest absolute Gasteiger partial charge is 0.251 e. The molecule has 1 amide bonds. The number of hydrogen-bond donors (Lipinski definition) is 1. The highest BCUT2D eigenvalue weighted by Gasteiger charge is 2.34. The van der Waals surface area contributed by atoms with Crippen LogP contribution in [0.4, 0.5) is 0 Å². The van der Waals surface area contributed by atoms with Gasteiger partial charge in [-0.2, -0.15) is 4.31 Å². The van der Waals surface area contributed by atoms with E-state index in [-0.39, 0.29) is 16.8 Å². The standard InChI is InChI=1S/C17H20BrN3O4S/c1-11-16(12(2)25-20-11)26(23,24)21-8-6-15(7-9-21)19-17(22)13-4-3-5-14(18)10-13/h3-5,10,15H,6-9H2,1-2H3,(H,19,22). The van der Waals surface area contributed by atoms with Crippen molar-refractivity contribution in [2.24, 2.45) is 0 Å². The van der Waals surface area contributed by atoms with Crippen LogP contribution in [0, 0.1) is 13.8 Å².